The molecule has 0 aromatic heterocycles. The van der Waals surface area contributed by atoms with Crippen LogP contribution in [-0.4, -0.2) is 35.4 Å². The third kappa shape index (κ3) is 7.73. The molecule has 37 heavy (non-hydrogen) atoms. The van der Waals surface area contributed by atoms with Crippen molar-refractivity contribution in [1.82, 2.24) is 10.2 Å². The molecule has 5 nitrogen and oxygen atoms in total. The highest BCUT2D eigenvalue weighted by molar-refractivity contribution is 6.36. The molecule has 0 unspecified atom stereocenters. The van der Waals surface area contributed by atoms with Crippen LogP contribution in [0.4, 0.5) is 0 Å². The number of benzene rings is 3. The van der Waals surface area contributed by atoms with Crippen LogP contribution in [0.2, 0.25) is 10.0 Å². The van der Waals surface area contributed by atoms with Crippen LogP contribution in [0.15, 0.2) is 66.7 Å². The Labute approximate surface area is 229 Å². The van der Waals surface area contributed by atoms with E-state index in [9.17, 15) is 9.59 Å². The maximum atomic E-state index is 13.8. The van der Waals surface area contributed by atoms with E-state index < -0.39 is 6.04 Å². The summed E-state index contributed by atoms with van der Waals surface area (Å²) in [5.41, 5.74) is 3.55. The fourth-order valence-corrected chi connectivity index (χ4v) is 4.47. The summed E-state index contributed by atoms with van der Waals surface area (Å²) in [6.45, 7) is 7.73. The SMILES string of the molecule is CC[C@@H](C)NC(=O)[C@H](Cc1ccccc1)N(Cc1c(Cl)cccc1Cl)C(=O)COc1cccc(C)c1C. The molecule has 0 saturated heterocycles. The van der Waals surface area contributed by atoms with Crippen molar-refractivity contribution < 1.29 is 14.3 Å². The Morgan fingerprint density at radius 3 is 2.24 bits per heavy atom. The van der Waals surface area contributed by atoms with Crippen molar-refractivity contribution in [2.75, 3.05) is 6.61 Å². The summed E-state index contributed by atoms with van der Waals surface area (Å²) in [5, 5.41) is 3.91. The zero-order chi connectivity index (χ0) is 26.9. The van der Waals surface area contributed by atoms with E-state index in [4.69, 9.17) is 27.9 Å². The molecule has 0 saturated carbocycles. The van der Waals surface area contributed by atoms with Crippen LogP contribution in [0.3, 0.4) is 0 Å². The van der Waals surface area contributed by atoms with Gasteiger partial charge in [-0.05, 0) is 62.1 Å². The number of hydrogen-bond acceptors (Lipinski definition) is 3. The van der Waals surface area contributed by atoms with Gasteiger partial charge in [0.25, 0.3) is 5.91 Å². The number of carbonyl (C=O) groups is 2. The number of aryl methyl sites for hydroxylation is 1. The number of amides is 2. The van der Waals surface area contributed by atoms with Crippen LogP contribution < -0.4 is 10.1 Å². The largest absolute Gasteiger partial charge is 0.483 e. The Hall–Kier alpha value is -3.02. The average molecular weight is 542 g/mol. The molecule has 3 aromatic rings. The minimum Gasteiger partial charge on any atom is -0.483 e. The van der Waals surface area contributed by atoms with Crippen molar-refractivity contribution in [2.24, 2.45) is 0 Å². The van der Waals surface area contributed by atoms with Gasteiger partial charge in [-0.1, -0.05) is 78.7 Å². The van der Waals surface area contributed by atoms with Crippen LogP contribution in [0.1, 0.15) is 42.5 Å². The molecule has 0 aliphatic heterocycles. The van der Waals surface area contributed by atoms with Crippen molar-refractivity contribution in [2.45, 2.75) is 59.2 Å². The molecule has 3 rings (SSSR count). The van der Waals surface area contributed by atoms with Crippen LogP contribution in [0.5, 0.6) is 5.75 Å². The second-order valence-corrected chi connectivity index (χ2v) is 10.0. The summed E-state index contributed by atoms with van der Waals surface area (Å²) in [7, 11) is 0. The molecular formula is C30H34Cl2N2O3. The average Bonchev–Trinajstić information content (AvgIpc) is 2.88. The predicted octanol–water partition coefficient (Wildman–Crippen LogP) is 6.54. The highest BCUT2D eigenvalue weighted by Crippen LogP contribution is 2.28. The number of nitrogens with one attached hydrogen (secondary N) is 1. The number of nitrogens with zero attached hydrogens (tertiary/aromatic N) is 1. The van der Waals surface area contributed by atoms with Crippen molar-refractivity contribution in [3.63, 3.8) is 0 Å². The molecule has 196 valence electrons. The third-order valence-electron chi connectivity index (χ3n) is 6.57. The molecule has 2 atom stereocenters. The fourth-order valence-electron chi connectivity index (χ4n) is 3.95. The smallest absolute Gasteiger partial charge is 0.261 e. The highest BCUT2D eigenvalue weighted by Gasteiger charge is 2.32. The Morgan fingerprint density at radius 1 is 0.946 bits per heavy atom. The van der Waals surface area contributed by atoms with Gasteiger partial charge < -0.3 is 15.0 Å². The summed E-state index contributed by atoms with van der Waals surface area (Å²) in [6, 6.07) is 19.7. The van der Waals surface area contributed by atoms with Gasteiger partial charge in [-0.15, -0.1) is 0 Å². The first-order valence-corrected chi connectivity index (χ1v) is 13.2. The molecular weight excluding hydrogens is 507 g/mol. The zero-order valence-electron chi connectivity index (χ0n) is 21.8. The maximum absolute atomic E-state index is 13.8. The van der Waals surface area contributed by atoms with Crippen molar-refractivity contribution in [3.05, 3.63) is 99.0 Å². The maximum Gasteiger partial charge on any atom is 0.261 e. The van der Waals surface area contributed by atoms with Crippen LogP contribution in [-0.2, 0) is 22.6 Å². The molecule has 7 heteroatoms. The van der Waals surface area contributed by atoms with Crippen LogP contribution in [0, 0.1) is 13.8 Å². The molecule has 0 aliphatic carbocycles. The van der Waals surface area contributed by atoms with Crippen LogP contribution in [0.25, 0.3) is 0 Å². The number of ether oxygens (including phenoxy) is 1. The van der Waals surface area contributed by atoms with Gasteiger partial charge in [-0.3, -0.25) is 9.59 Å². The van der Waals surface area contributed by atoms with Gasteiger partial charge in [-0.2, -0.15) is 0 Å². The van der Waals surface area contributed by atoms with E-state index in [0.717, 1.165) is 23.1 Å². The number of carbonyl (C=O) groups excluding carboxylic acids is 2. The Balaban J connectivity index is 1.98. The van der Waals surface area contributed by atoms with Crippen LogP contribution >= 0.6 is 23.2 Å². The summed E-state index contributed by atoms with van der Waals surface area (Å²) in [4.78, 5) is 28.9. The first-order valence-electron chi connectivity index (χ1n) is 12.5. The first kappa shape index (κ1) is 28.5. The van der Waals surface area contributed by atoms with Gasteiger partial charge in [0, 0.05) is 34.6 Å². The molecule has 0 fully saturated rings. The summed E-state index contributed by atoms with van der Waals surface area (Å²) in [6.07, 6.45) is 1.10. The van der Waals surface area contributed by atoms with E-state index >= 15 is 0 Å². The van der Waals surface area contributed by atoms with Crippen molar-refractivity contribution >= 4 is 35.0 Å². The van der Waals surface area contributed by atoms with Gasteiger partial charge >= 0.3 is 0 Å². The van der Waals surface area contributed by atoms with Crippen molar-refractivity contribution in [1.29, 1.82) is 0 Å². The molecule has 0 radical (unpaired) electrons. The first-order chi connectivity index (χ1) is 17.7. The molecule has 1 N–H and O–H groups in total. The second-order valence-electron chi connectivity index (χ2n) is 9.23. The molecule has 3 aromatic carbocycles. The van der Waals surface area contributed by atoms with Gasteiger partial charge in [0.2, 0.25) is 5.91 Å². The lowest BCUT2D eigenvalue weighted by Crippen LogP contribution is -2.53. The Kier molecular flexibility index (Phi) is 10.4. The van der Waals surface area contributed by atoms with E-state index in [0.29, 0.717) is 27.8 Å². The molecule has 0 aliphatic rings. The minimum absolute atomic E-state index is 0.0437. The van der Waals surface area contributed by atoms with Gasteiger partial charge in [-0.25, -0.2) is 0 Å². The highest BCUT2D eigenvalue weighted by atomic mass is 35.5. The standard InChI is InChI=1S/C30H34Cl2N2O3/c1-5-21(3)33-30(36)27(17-23-12-7-6-8-13-23)34(18-24-25(31)14-10-15-26(24)32)29(35)19-37-28-16-9-11-20(2)22(28)4/h6-16,21,27H,5,17-19H2,1-4H3,(H,33,36)/t21-,27+/m1/s1. The molecule has 0 bridgehead atoms. The summed E-state index contributed by atoms with van der Waals surface area (Å²) in [5.74, 6) is 0.0614. The van der Waals surface area contributed by atoms with E-state index in [1.54, 1.807) is 18.2 Å². The quantitative estimate of drug-likeness (QED) is 0.300. The lowest BCUT2D eigenvalue weighted by atomic mass is 10.0. The summed E-state index contributed by atoms with van der Waals surface area (Å²) >= 11 is 13.0. The predicted molar refractivity (Wildman–Crippen MR) is 150 cm³/mol. The van der Waals surface area contributed by atoms with E-state index in [-0.39, 0.29) is 31.0 Å². The number of halogens is 2. The fraction of sp³-hybridized carbons (Fsp3) is 0.333. The van der Waals surface area contributed by atoms with E-state index in [1.807, 2.05) is 76.2 Å². The lowest BCUT2D eigenvalue weighted by molar-refractivity contribution is -0.143. The van der Waals surface area contributed by atoms with Crippen molar-refractivity contribution in [3.8, 4) is 5.75 Å². The van der Waals surface area contributed by atoms with E-state index in [2.05, 4.69) is 5.32 Å². The minimum atomic E-state index is -0.793. The Bertz CT molecular complexity index is 1200. The van der Waals surface area contributed by atoms with Gasteiger partial charge in [0.15, 0.2) is 6.61 Å². The lowest BCUT2D eigenvalue weighted by Gasteiger charge is -2.32. The van der Waals surface area contributed by atoms with Gasteiger partial charge in [0.1, 0.15) is 11.8 Å². The van der Waals surface area contributed by atoms with Gasteiger partial charge in [0.05, 0.1) is 0 Å². The number of rotatable bonds is 11. The molecule has 0 heterocycles. The second kappa shape index (κ2) is 13.5. The monoisotopic (exact) mass is 540 g/mol. The third-order valence-corrected chi connectivity index (χ3v) is 7.28. The van der Waals surface area contributed by atoms with E-state index in [1.165, 1.54) is 4.90 Å². The molecule has 0 spiro atoms. The molecule has 2 amide bonds. The number of hydrogen-bond donors (Lipinski definition) is 1. The summed E-state index contributed by atoms with van der Waals surface area (Å²) < 4.78 is 5.95. The zero-order valence-corrected chi connectivity index (χ0v) is 23.3. The topological polar surface area (TPSA) is 58.6 Å². The normalized spacial score (nSPS) is 12.5. The Morgan fingerprint density at radius 2 is 1.59 bits per heavy atom.